The van der Waals surface area contributed by atoms with E-state index in [0.29, 0.717) is 0 Å². The highest BCUT2D eigenvalue weighted by atomic mass is 32.2. The van der Waals surface area contributed by atoms with Crippen LogP contribution in [-0.2, 0) is 33.6 Å². The van der Waals surface area contributed by atoms with Crippen LogP contribution >= 0.6 is 0 Å². The van der Waals surface area contributed by atoms with Crippen LogP contribution in [0.15, 0.2) is 35.9 Å². The molecule has 13 heteroatoms. The van der Waals surface area contributed by atoms with Crippen LogP contribution in [0, 0.1) is 0 Å². The van der Waals surface area contributed by atoms with Gasteiger partial charge in [-0.1, -0.05) is 30.3 Å². The predicted molar refractivity (Wildman–Crippen MR) is 108 cm³/mol. The summed E-state index contributed by atoms with van der Waals surface area (Å²) in [5, 5.41) is 10.6. The first-order chi connectivity index (χ1) is 15.3. The average Bonchev–Trinajstić information content (AvgIpc) is 3.22. The monoisotopic (exact) mass is 463 g/mol. The van der Waals surface area contributed by atoms with Gasteiger partial charge in [-0.25, -0.2) is 8.42 Å². The van der Waals surface area contributed by atoms with Crippen molar-refractivity contribution in [3.05, 3.63) is 47.3 Å². The largest absolute Gasteiger partial charge is 0.461 e. The van der Waals surface area contributed by atoms with Crippen molar-refractivity contribution in [2.45, 2.75) is 24.6 Å². The number of sulfone groups is 1. The number of tetrazole rings is 1. The summed E-state index contributed by atoms with van der Waals surface area (Å²) in [6.45, 7) is 0.865. The second-order valence-electron chi connectivity index (χ2n) is 7.24. The zero-order valence-electron chi connectivity index (χ0n) is 17.5. The second-order valence-corrected chi connectivity index (χ2v) is 9.34. The molecule has 3 atom stereocenters. The minimum Gasteiger partial charge on any atom is -0.461 e. The summed E-state index contributed by atoms with van der Waals surface area (Å²) < 4.78 is 42.9. The summed E-state index contributed by atoms with van der Waals surface area (Å²) >= 11 is 0. The molecule has 12 nitrogen and oxygen atoms in total. The fraction of sp³-hybridized carbons (Fsp3) is 0.421. The van der Waals surface area contributed by atoms with Crippen molar-refractivity contribution in [3.63, 3.8) is 0 Å². The van der Waals surface area contributed by atoms with Crippen molar-refractivity contribution < 1.29 is 32.2 Å². The van der Waals surface area contributed by atoms with Crippen LogP contribution in [-0.4, -0.2) is 83.5 Å². The Bertz CT molecular complexity index is 1180. The van der Waals surface area contributed by atoms with Crippen molar-refractivity contribution >= 4 is 27.4 Å². The van der Waals surface area contributed by atoms with E-state index in [0.717, 1.165) is 10.5 Å². The third-order valence-corrected chi connectivity index (χ3v) is 7.20. The fourth-order valence-corrected chi connectivity index (χ4v) is 5.89. The first kappa shape index (κ1) is 22.0. The Kier molecular flexibility index (Phi) is 5.79. The van der Waals surface area contributed by atoms with E-state index in [4.69, 9.17) is 14.2 Å². The van der Waals surface area contributed by atoms with Gasteiger partial charge in [0.05, 0.1) is 11.4 Å². The number of benzene rings is 1. The minimum absolute atomic E-state index is 0.102. The fourth-order valence-electron chi connectivity index (χ4n) is 3.88. The molecule has 2 aliphatic rings. The number of esters is 1. The summed E-state index contributed by atoms with van der Waals surface area (Å²) in [6.07, 6.45) is -1.89. The number of hydrogen-bond acceptors (Lipinski definition) is 10. The first-order valence-electron chi connectivity index (χ1n) is 9.59. The molecule has 32 heavy (non-hydrogen) atoms. The molecule has 3 heterocycles. The second kappa shape index (κ2) is 8.41. The molecule has 0 spiro atoms. The lowest BCUT2D eigenvalue weighted by Gasteiger charge is -2.48. The molecular formula is C19H21N5O7S. The van der Waals surface area contributed by atoms with E-state index < -0.39 is 45.2 Å². The summed E-state index contributed by atoms with van der Waals surface area (Å²) in [6, 6.07) is 9.12. The zero-order chi connectivity index (χ0) is 23.0. The van der Waals surface area contributed by atoms with Crippen LogP contribution in [0.25, 0.3) is 5.70 Å². The van der Waals surface area contributed by atoms with Crippen LogP contribution < -0.4 is 0 Å². The molecule has 2 aromatic rings. The maximum Gasteiger partial charge on any atom is 0.302 e. The molecule has 1 saturated heterocycles. The Hall–Kier alpha value is -3.16. The number of hydrogen-bond donors (Lipinski definition) is 0. The smallest absolute Gasteiger partial charge is 0.302 e. The van der Waals surface area contributed by atoms with Gasteiger partial charge in [-0.2, -0.15) is 4.68 Å². The van der Waals surface area contributed by atoms with E-state index in [1.54, 1.807) is 0 Å². The number of rotatable bonds is 7. The van der Waals surface area contributed by atoms with Gasteiger partial charge in [0.25, 0.3) is 5.91 Å². The average molecular weight is 463 g/mol. The van der Waals surface area contributed by atoms with E-state index in [1.807, 2.05) is 30.3 Å². The molecule has 1 aromatic carbocycles. The number of methoxy groups -OCH3 is 2. The predicted octanol–water partition coefficient (Wildman–Crippen LogP) is -0.248. The standard InChI is InChI=1S/C19H21N5O7S/c1-11(25)31-9-13-10-32(27,28)19-15(29-2)17(26)23(19)14(13)16-20-21-22-24(16)18(30-3)12-7-5-4-6-8-12/h4-8,15,18-19H,9-10H2,1-3H3/t15-,18?,19+/m0/s1. The molecule has 1 fully saturated rings. The number of nitrogens with zero attached hydrogens (tertiary/aromatic N) is 5. The number of ether oxygens (including phenoxy) is 3. The van der Waals surface area contributed by atoms with Gasteiger partial charge >= 0.3 is 5.97 Å². The lowest BCUT2D eigenvalue weighted by molar-refractivity contribution is -0.156. The third kappa shape index (κ3) is 3.57. The summed E-state index contributed by atoms with van der Waals surface area (Å²) in [5.74, 6) is -1.50. The van der Waals surface area contributed by atoms with Gasteiger partial charge in [-0.05, 0) is 10.4 Å². The van der Waals surface area contributed by atoms with Crippen molar-refractivity contribution in [2.24, 2.45) is 0 Å². The van der Waals surface area contributed by atoms with Gasteiger partial charge in [0.1, 0.15) is 6.61 Å². The van der Waals surface area contributed by atoms with E-state index >= 15 is 0 Å². The normalized spacial score (nSPS) is 22.8. The molecular weight excluding hydrogens is 442 g/mol. The number of amides is 1. The molecule has 0 N–H and O–H groups in total. The van der Waals surface area contributed by atoms with Gasteiger partial charge in [0, 0.05) is 32.3 Å². The van der Waals surface area contributed by atoms with Crippen LogP contribution in [0.3, 0.4) is 0 Å². The Morgan fingerprint density at radius 2 is 1.97 bits per heavy atom. The van der Waals surface area contributed by atoms with E-state index in [-0.39, 0.29) is 23.7 Å². The van der Waals surface area contributed by atoms with Crippen LogP contribution in [0.4, 0.5) is 0 Å². The van der Waals surface area contributed by atoms with Crippen molar-refractivity contribution in [3.8, 4) is 0 Å². The number of carbonyl (C=O) groups excluding carboxylic acids is 2. The number of β-lactam (4-membered cyclic amide) rings is 1. The lowest BCUT2D eigenvalue weighted by Crippen LogP contribution is -2.69. The van der Waals surface area contributed by atoms with Gasteiger partial charge < -0.3 is 14.2 Å². The molecule has 4 rings (SSSR count). The van der Waals surface area contributed by atoms with Crippen molar-refractivity contribution in [1.29, 1.82) is 0 Å². The molecule has 0 aliphatic carbocycles. The summed E-state index contributed by atoms with van der Waals surface area (Å²) in [5.41, 5.74) is 1.07. The number of carbonyl (C=O) groups is 2. The van der Waals surface area contributed by atoms with Gasteiger partial charge in [0.15, 0.2) is 27.5 Å². The maximum atomic E-state index is 12.9. The molecule has 0 bridgehead atoms. The highest BCUT2D eigenvalue weighted by molar-refractivity contribution is 7.92. The summed E-state index contributed by atoms with van der Waals surface area (Å²) in [7, 11) is -1.06. The molecule has 0 saturated carbocycles. The SMILES string of the molecule is COC(c1ccccc1)n1nnnc1C1=C(COC(C)=O)CS(=O)(=O)[C@@H]2[C@@H](OC)C(=O)N12. The quantitative estimate of drug-likeness (QED) is 0.398. The van der Waals surface area contributed by atoms with Crippen LogP contribution in [0.5, 0.6) is 0 Å². The highest BCUT2D eigenvalue weighted by Gasteiger charge is 2.60. The van der Waals surface area contributed by atoms with E-state index in [1.165, 1.54) is 25.8 Å². The first-order valence-corrected chi connectivity index (χ1v) is 11.3. The number of fused-ring (bicyclic) bond motifs is 1. The van der Waals surface area contributed by atoms with Crippen molar-refractivity contribution in [2.75, 3.05) is 26.6 Å². The van der Waals surface area contributed by atoms with Gasteiger partial charge in [-0.15, -0.1) is 5.10 Å². The Balaban J connectivity index is 1.87. The van der Waals surface area contributed by atoms with Crippen LogP contribution in [0.2, 0.25) is 0 Å². The molecule has 1 amide bonds. The Morgan fingerprint density at radius 3 is 2.59 bits per heavy atom. The topological polar surface area (TPSA) is 143 Å². The van der Waals surface area contributed by atoms with Gasteiger partial charge in [-0.3, -0.25) is 14.5 Å². The molecule has 1 aromatic heterocycles. The molecule has 2 aliphatic heterocycles. The van der Waals surface area contributed by atoms with E-state index in [2.05, 4.69) is 15.5 Å². The Morgan fingerprint density at radius 1 is 1.25 bits per heavy atom. The third-order valence-electron chi connectivity index (χ3n) is 5.25. The van der Waals surface area contributed by atoms with Gasteiger partial charge in [0.2, 0.25) is 5.82 Å². The zero-order valence-corrected chi connectivity index (χ0v) is 18.4. The molecule has 0 radical (unpaired) electrons. The molecule has 1 unspecified atom stereocenters. The number of aromatic nitrogens is 4. The van der Waals surface area contributed by atoms with Crippen LogP contribution in [0.1, 0.15) is 24.5 Å². The molecule has 170 valence electrons. The summed E-state index contributed by atoms with van der Waals surface area (Å²) in [4.78, 5) is 25.3. The minimum atomic E-state index is -3.81. The Labute approximate surface area is 183 Å². The highest BCUT2D eigenvalue weighted by Crippen LogP contribution is 2.42. The maximum absolute atomic E-state index is 12.9. The van der Waals surface area contributed by atoms with E-state index in [9.17, 15) is 18.0 Å². The lowest BCUT2D eigenvalue weighted by atomic mass is 10.0. The van der Waals surface area contributed by atoms with Crippen molar-refractivity contribution in [1.82, 2.24) is 25.1 Å².